The topological polar surface area (TPSA) is 69.6 Å². The summed E-state index contributed by atoms with van der Waals surface area (Å²) in [6, 6.07) is 2.51. The number of aliphatic carboxylic acids is 1. The molecule has 0 aliphatic carbocycles. The minimum atomic E-state index is -1.01. The second-order valence-electron chi connectivity index (χ2n) is 4.54. The Balaban J connectivity index is 2.02. The van der Waals surface area contributed by atoms with E-state index in [4.69, 9.17) is 5.11 Å². The van der Waals surface area contributed by atoms with Crippen LogP contribution in [0.2, 0.25) is 0 Å². The summed E-state index contributed by atoms with van der Waals surface area (Å²) in [7, 11) is 0. The molecular formula is C13H14F2N2O3S. The second-order valence-corrected chi connectivity index (χ2v) is 5.69. The Kier molecular flexibility index (Phi) is 5.13. The number of carboxylic acids is 1. The molecule has 0 saturated carbocycles. The number of nitrogens with zero attached hydrogens (tertiary/aromatic N) is 1. The number of hydrogen-bond acceptors (Lipinski definition) is 4. The highest BCUT2D eigenvalue weighted by molar-refractivity contribution is 7.99. The molecule has 1 saturated heterocycles. The molecule has 1 atom stereocenters. The number of amides is 1. The quantitative estimate of drug-likeness (QED) is 0.879. The maximum Gasteiger partial charge on any atom is 0.321 e. The number of carbonyl (C=O) groups excluding carboxylic acids is 1. The molecule has 8 heteroatoms. The van der Waals surface area contributed by atoms with Gasteiger partial charge < -0.3 is 10.4 Å². The molecule has 0 spiro atoms. The number of benzene rings is 1. The normalized spacial score (nSPS) is 19.2. The predicted octanol–water partition coefficient (Wildman–Crippen LogP) is 1.41. The minimum Gasteiger partial charge on any atom is -0.480 e. The smallest absolute Gasteiger partial charge is 0.321 e. The summed E-state index contributed by atoms with van der Waals surface area (Å²) >= 11 is 1.50. The third kappa shape index (κ3) is 3.92. The van der Waals surface area contributed by atoms with Gasteiger partial charge in [-0.3, -0.25) is 14.5 Å². The highest BCUT2D eigenvalue weighted by Crippen LogP contribution is 2.19. The number of para-hydroxylation sites is 1. The van der Waals surface area contributed by atoms with Crippen molar-refractivity contribution in [1.29, 1.82) is 0 Å². The molecule has 0 aromatic heterocycles. The van der Waals surface area contributed by atoms with Crippen molar-refractivity contribution < 1.29 is 23.5 Å². The lowest BCUT2D eigenvalue weighted by atomic mass is 10.2. The lowest BCUT2D eigenvalue weighted by Gasteiger charge is -2.31. The molecular weight excluding hydrogens is 302 g/mol. The molecule has 1 aromatic carbocycles. The van der Waals surface area contributed by atoms with E-state index in [9.17, 15) is 18.4 Å². The average Bonchev–Trinajstić information content (AvgIpc) is 2.43. The monoisotopic (exact) mass is 316 g/mol. The van der Waals surface area contributed by atoms with Gasteiger partial charge in [-0.25, -0.2) is 8.78 Å². The predicted molar refractivity (Wildman–Crippen MR) is 75.3 cm³/mol. The van der Waals surface area contributed by atoms with E-state index in [-0.39, 0.29) is 6.54 Å². The Morgan fingerprint density at radius 1 is 1.38 bits per heavy atom. The molecule has 1 aromatic rings. The summed E-state index contributed by atoms with van der Waals surface area (Å²) in [5.74, 6) is -2.29. The van der Waals surface area contributed by atoms with Gasteiger partial charge in [-0.05, 0) is 12.1 Å². The number of rotatable bonds is 4. The van der Waals surface area contributed by atoms with Crippen molar-refractivity contribution in [3.63, 3.8) is 0 Å². The fourth-order valence-corrected chi connectivity index (χ4v) is 3.14. The summed E-state index contributed by atoms with van der Waals surface area (Å²) in [5, 5.41) is 11.2. The molecule has 0 radical (unpaired) electrons. The molecule has 1 fully saturated rings. The highest BCUT2D eigenvalue weighted by atomic mass is 32.2. The number of anilines is 1. The summed E-state index contributed by atoms with van der Waals surface area (Å²) in [4.78, 5) is 24.5. The van der Waals surface area contributed by atoms with E-state index in [1.807, 2.05) is 0 Å². The van der Waals surface area contributed by atoms with Gasteiger partial charge in [0.25, 0.3) is 0 Å². The Labute approximate surface area is 124 Å². The number of halogens is 2. The van der Waals surface area contributed by atoms with Crippen molar-refractivity contribution in [3.8, 4) is 0 Å². The molecule has 2 rings (SSSR count). The summed E-state index contributed by atoms with van der Waals surface area (Å²) in [6.45, 7) is 0.222. The van der Waals surface area contributed by atoms with Crippen molar-refractivity contribution in [2.45, 2.75) is 6.04 Å². The zero-order chi connectivity index (χ0) is 15.4. The van der Waals surface area contributed by atoms with Crippen LogP contribution in [-0.4, -0.2) is 52.5 Å². The first-order valence-corrected chi connectivity index (χ1v) is 7.43. The van der Waals surface area contributed by atoms with Crippen LogP contribution < -0.4 is 5.32 Å². The third-order valence-electron chi connectivity index (χ3n) is 3.10. The molecule has 1 unspecified atom stereocenters. The summed E-state index contributed by atoms with van der Waals surface area (Å²) < 4.78 is 26.9. The van der Waals surface area contributed by atoms with Gasteiger partial charge >= 0.3 is 5.97 Å². The molecule has 21 heavy (non-hydrogen) atoms. The first-order valence-electron chi connectivity index (χ1n) is 6.27. The van der Waals surface area contributed by atoms with Gasteiger partial charge in [0.15, 0.2) is 0 Å². The molecule has 1 amide bonds. The molecule has 1 aliphatic rings. The third-order valence-corrected chi connectivity index (χ3v) is 4.12. The minimum absolute atomic E-state index is 0.217. The van der Waals surface area contributed by atoms with Crippen molar-refractivity contribution in [3.05, 3.63) is 29.8 Å². The lowest BCUT2D eigenvalue weighted by Crippen LogP contribution is -2.50. The van der Waals surface area contributed by atoms with Crippen LogP contribution in [-0.2, 0) is 9.59 Å². The molecule has 114 valence electrons. The Morgan fingerprint density at radius 3 is 2.67 bits per heavy atom. The van der Waals surface area contributed by atoms with E-state index in [1.54, 1.807) is 0 Å². The van der Waals surface area contributed by atoms with Gasteiger partial charge in [-0.2, -0.15) is 11.8 Å². The van der Waals surface area contributed by atoms with E-state index in [0.29, 0.717) is 18.1 Å². The van der Waals surface area contributed by atoms with Crippen LogP contribution in [0.4, 0.5) is 14.5 Å². The number of nitrogens with one attached hydrogen (secondary N) is 1. The standard InChI is InChI=1S/C13H14F2N2O3S/c14-8-2-1-3-9(15)12(8)16-11(18)6-17-4-5-21-7-10(17)13(19)20/h1-3,10H,4-7H2,(H,16,18)(H,19,20). The molecule has 1 aliphatic heterocycles. The van der Waals surface area contributed by atoms with Crippen molar-refractivity contribution >= 4 is 29.3 Å². The van der Waals surface area contributed by atoms with E-state index in [1.165, 1.54) is 22.7 Å². The zero-order valence-corrected chi connectivity index (χ0v) is 11.8. The van der Waals surface area contributed by atoms with Crippen LogP contribution in [0.15, 0.2) is 18.2 Å². The maximum atomic E-state index is 13.4. The van der Waals surface area contributed by atoms with Crippen LogP contribution in [0.25, 0.3) is 0 Å². The Hall–Kier alpha value is -1.67. The Bertz CT molecular complexity index is 536. The molecule has 1 heterocycles. The average molecular weight is 316 g/mol. The first-order chi connectivity index (χ1) is 9.99. The van der Waals surface area contributed by atoms with Crippen molar-refractivity contribution in [1.82, 2.24) is 4.90 Å². The van der Waals surface area contributed by atoms with Gasteiger partial charge in [0.05, 0.1) is 6.54 Å². The number of carbonyl (C=O) groups is 2. The van der Waals surface area contributed by atoms with Gasteiger partial charge in [-0.15, -0.1) is 0 Å². The SMILES string of the molecule is O=C(CN1CCSCC1C(=O)O)Nc1c(F)cccc1F. The van der Waals surface area contributed by atoms with E-state index in [0.717, 1.165) is 12.1 Å². The lowest BCUT2D eigenvalue weighted by molar-refractivity contribution is -0.142. The summed E-state index contributed by atoms with van der Waals surface area (Å²) in [6.07, 6.45) is 0. The number of carboxylic acid groups (broad SMARTS) is 1. The van der Waals surface area contributed by atoms with Crippen LogP contribution in [0.3, 0.4) is 0 Å². The Morgan fingerprint density at radius 2 is 2.05 bits per heavy atom. The molecule has 2 N–H and O–H groups in total. The zero-order valence-electron chi connectivity index (χ0n) is 11.0. The van der Waals surface area contributed by atoms with Crippen molar-refractivity contribution in [2.24, 2.45) is 0 Å². The number of hydrogen-bond donors (Lipinski definition) is 2. The molecule has 5 nitrogen and oxygen atoms in total. The summed E-state index contributed by atoms with van der Waals surface area (Å²) in [5.41, 5.74) is -0.513. The van der Waals surface area contributed by atoms with Gasteiger partial charge in [0, 0.05) is 18.1 Å². The molecule has 0 bridgehead atoms. The fraction of sp³-hybridized carbons (Fsp3) is 0.385. The second kappa shape index (κ2) is 6.86. The van der Waals surface area contributed by atoms with Crippen LogP contribution in [0.5, 0.6) is 0 Å². The highest BCUT2D eigenvalue weighted by Gasteiger charge is 2.30. The first kappa shape index (κ1) is 15.7. The van der Waals surface area contributed by atoms with Crippen molar-refractivity contribution in [2.75, 3.05) is 29.9 Å². The van der Waals surface area contributed by atoms with Gasteiger partial charge in [-0.1, -0.05) is 6.07 Å². The fourth-order valence-electron chi connectivity index (χ4n) is 2.04. The number of thioether (sulfide) groups is 1. The van der Waals surface area contributed by atoms with E-state index < -0.39 is 35.2 Å². The van der Waals surface area contributed by atoms with Gasteiger partial charge in [0.2, 0.25) is 5.91 Å². The van der Waals surface area contributed by atoms with Crippen LogP contribution in [0.1, 0.15) is 0 Å². The maximum absolute atomic E-state index is 13.4. The van der Waals surface area contributed by atoms with Crippen LogP contribution >= 0.6 is 11.8 Å². The van der Waals surface area contributed by atoms with E-state index in [2.05, 4.69) is 5.32 Å². The van der Waals surface area contributed by atoms with Crippen LogP contribution in [0, 0.1) is 11.6 Å². The largest absolute Gasteiger partial charge is 0.480 e. The van der Waals surface area contributed by atoms with Gasteiger partial charge in [0.1, 0.15) is 23.4 Å². The van der Waals surface area contributed by atoms with E-state index >= 15 is 0 Å².